The minimum absolute atomic E-state index is 0.0342. The van der Waals surface area contributed by atoms with Crippen LogP contribution in [0.2, 0.25) is 0 Å². The summed E-state index contributed by atoms with van der Waals surface area (Å²) in [6.07, 6.45) is 1.80. The van der Waals surface area contributed by atoms with Gasteiger partial charge in [0, 0.05) is 24.4 Å². The molecule has 0 aliphatic heterocycles. The van der Waals surface area contributed by atoms with Crippen LogP contribution >= 0.6 is 0 Å². The van der Waals surface area contributed by atoms with Crippen molar-refractivity contribution >= 4 is 22.5 Å². The van der Waals surface area contributed by atoms with Gasteiger partial charge in [-0.3, -0.25) is 4.79 Å². The molecule has 1 saturated carbocycles. The Hall–Kier alpha value is -2.21. The average Bonchev–Trinajstić information content (AvgIpc) is 3.41. The van der Waals surface area contributed by atoms with Crippen LogP contribution in [0.1, 0.15) is 26.7 Å². The summed E-state index contributed by atoms with van der Waals surface area (Å²) in [7, 11) is 0. The van der Waals surface area contributed by atoms with Crippen LogP contribution < -0.4 is 0 Å². The van der Waals surface area contributed by atoms with Crippen LogP contribution in [0.3, 0.4) is 0 Å². The molecule has 6 heteroatoms. The van der Waals surface area contributed by atoms with E-state index < -0.39 is 0 Å². The number of para-hydroxylation sites is 1. The van der Waals surface area contributed by atoms with Crippen LogP contribution in [0.4, 0.5) is 5.69 Å². The maximum atomic E-state index is 11.8. The second kappa shape index (κ2) is 7.13. The van der Waals surface area contributed by atoms with E-state index >= 15 is 0 Å². The Morgan fingerprint density at radius 1 is 1.29 bits per heavy atom. The largest absolute Gasteiger partial charge is 0.493 e. The van der Waals surface area contributed by atoms with Crippen molar-refractivity contribution in [2.45, 2.75) is 33.2 Å². The molecule has 0 atom stereocenters. The van der Waals surface area contributed by atoms with Gasteiger partial charge in [0.2, 0.25) is 5.88 Å². The normalized spacial score (nSPS) is 15.0. The summed E-state index contributed by atoms with van der Waals surface area (Å²) in [5.41, 5.74) is 1.30. The molecule has 1 aromatic heterocycles. The van der Waals surface area contributed by atoms with Crippen molar-refractivity contribution in [3.8, 4) is 5.88 Å². The lowest BCUT2D eigenvalue weighted by atomic mass is 10.2. The first-order chi connectivity index (χ1) is 11.7. The van der Waals surface area contributed by atoms with E-state index in [-0.39, 0.29) is 17.7 Å². The topological polar surface area (TPSA) is 70.2 Å². The zero-order chi connectivity index (χ0) is 17.1. The summed E-state index contributed by atoms with van der Waals surface area (Å²) >= 11 is 0. The van der Waals surface area contributed by atoms with E-state index in [2.05, 4.69) is 29.0 Å². The Balaban J connectivity index is 1.91. The minimum atomic E-state index is -0.186. The first kappa shape index (κ1) is 16.6. The highest BCUT2D eigenvalue weighted by atomic mass is 16.3. The molecule has 0 spiro atoms. The molecule has 0 saturated heterocycles. The van der Waals surface area contributed by atoms with Gasteiger partial charge < -0.3 is 14.6 Å². The van der Waals surface area contributed by atoms with E-state index in [1.54, 1.807) is 0 Å². The second-order valence-corrected chi connectivity index (χ2v) is 6.18. The van der Waals surface area contributed by atoms with Crippen LogP contribution in [0.5, 0.6) is 5.88 Å². The number of carbonyl (C=O) groups is 1. The zero-order valence-corrected chi connectivity index (χ0v) is 14.3. The van der Waals surface area contributed by atoms with Crippen molar-refractivity contribution in [1.29, 1.82) is 0 Å². The molecule has 24 heavy (non-hydrogen) atoms. The fraction of sp³-hybridized carbons (Fsp3) is 0.500. The SMILES string of the molecule is CCN(CC)CCn1c(O)c(N=NC(=O)C2CC2)c2ccccc21. The molecule has 1 fully saturated rings. The number of likely N-dealkylation sites (N-methyl/N-ethyl adjacent to an activating group) is 1. The van der Waals surface area contributed by atoms with Crippen molar-refractivity contribution in [1.82, 2.24) is 9.47 Å². The summed E-state index contributed by atoms with van der Waals surface area (Å²) < 4.78 is 1.85. The Bertz CT molecular complexity index is 758. The van der Waals surface area contributed by atoms with E-state index in [9.17, 15) is 9.90 Å². The van der Waals surface area contributed by atoms with Crippen molar-refractivity contribution in [3.05, 3.63) is 24.3 Å². The number of aromatic nitrogens is 1. The van der Waals surface area contributed by atoms with E-state index in [4.69, 9.17) is 0 Å². The maximum absolute atomic E-state index is 11.8. The molecule has 1 heterocycles. The molecular formula is C18H24N4O2. The number of fused-ring (bicyclic) bond motifs is 1. The highest BCUT2D eigenvalue weighted by Gasteiger charge is 2.30. The number of benzene rings is 1. The number of amides is 1. The monoisotopic (exact) mass is 328 g/mol. The van der Waals surface area contributed by atoms with Gasteiger partial charge in [0.25, 0.3) is 5.91 Å². The van der Waals surface area contributed by atoms with Gasteiger partial charge in [-0.25, -0.2) is 0 Å². The minimum Gasteiger partial charge on any atom is -0.493 e. The molecule has 1 aliphatic carbocycles. The van der Waals surface area contributed by atoms with Crippen LogP contribution in [0.25, 0.3) is 10.9 Å². The molecule has 0 bridgehead atoms. The van der Waals surface area contributed by atoms with Gasteiger partial charge in [-0.05, 0) is 32.0 Å². The molecule has 1 amide bonds. The summed E-state index contributed by atoms with van der Waals surface area (Å²) in [5, 5.41) is 19.3. The molecule has 6 nitrogen and oxygen atoms in total. The molecule has 0 unspecified atom stereocenters. The van der Waals surface area contributed by atoms with Crippen molar-refractivity contribution < 1.29 is 9.90 Å². The molecule has 1 N–H and O–H groups in total. The highest BCUT2D eigenvalue weighted by Crippen LogP contribution is 2.39. The Labute approximate surface area is 141 Å². The molecular weight excluding hydrogens is 304 g/mol. The lowest BCUT2D eigenvalue weighted by molar-refractivity contribution is -0.119. The molecule has 2 aromatic rings. The van der Waals surface area contributed by atoms with Gasteiger partial charge in [0.15, 0.2) is 5.69 Å². The van der Waals surface area contributed by atoms with E-state index in [1.807, 2.05) is 28.8 Å². The number of carbonyl (C=O) groups excluding carboxylic acids is 1. The lowest BCUT2D eigenvalue weighted by Crippen LogP contribution is -2.26. The highest BCUT2D eigenvalue weighted by molar-refractivity contribution is 5.95. The summed E-state index contributed by atoms with van der Waals surface area (Å²) in [4.78, 5) is 14.1. The lowest BCUT2D eigenvalue weighted by Gasteiger charge is -2.18. The van der Waals surface area contributed by atoms with Crippen molar-refractivity contribution in [2.24, 2.45) is 16.1 Å². The van der Waals surface area contributed by atoms with Gasteiger partial charge in [-0.15, -0.1) is 10.2 Å². The third kappa shape index (κ3) is 3.33. The summed E-state index contributed by atoms with van der Waals surface area (Å²) in [6, 6.07) is 7.70. The summed E-state index contributed by atoms with van der Waals surface area (Å²) in [5.74, 6) is -0.0722. The third-order valence-corrected chi connectivity index (χ3v) is 4.63. The first-order valence-corrected chi connectivity index (χ1v) is 8.63. The number of hydrogen-bond donors (Lipinski definition) is 1. The zero-order valence-electron chi connectivity index (χ0n) is 14.3. The fourth-order valence-electron chi connectivity index (χ4n) is 2.89. The van der Waals surface area contributed by atoms with E-state index in [0.717, 1.165) is 43.4 Å². The third-order valence-electron chi connectivity index (χ3n) is 4.63. The predicted octanol–water partition coefficient (Wildman–Crippen LogP) is 3.71. The second-order valence-electron chi connectivity index (χ2n) is 6.18. The quantitative estimate of drug-likeness (QED) is 0.788. The maximum Gasteiger partial charge on any atom is 0.267 e. The van der Waals surface area contributed by atoms with Gasteiger partial charge >= 0.3 is 0 Å². The number of hydrogen-bond acceptors (Lipinski definition) is 4. The van der Waals surface area contributed by atoms with E-state index in [0.29, 0.717) is 12.2 Å². The van der Waals surface area contributed by atoms with Gasteiger partial charge in [0.1, 0.15) is 0 Å². The van der Waals surface area contributed by atoms with Crippen LogP contribution in [0.15, 0.2) is 34.5 Å². The predicted molar refractivity (Wildman–Crippen MR) is 93.6 cm³/mol. The standard InChI is InChI=1S/C18H24N4O2/c1-3-21(4-2)11-12-22-15-8-6-5-7-14(15)16(18(22)24)19-20-17(23)13-9-10-13/h5-8,13,24H,3-4,9-12H2,1-2H3. The van der Waals surface area contributed by atoms with Crippen molar-refractivity contribution in [2.75, 3.05) is 19.6 Å². The van der Waals surface area contributed by atoms with Gasteiger partial charge in [-0.2, -0.15) is 0 Å². The van der Waals surface area contributed by atoms with Gasteiger partial charge in [0.05, 0.1) is 5.52 Å². The average molecular weight is 328 g/mol. The molecule has 1 aromatic carbocycles. The molecule has 0 radical (unpaired) electrons. The van der Waals surface area contributed by atoms with Crippen LogP contribution in [-0.4, -0.2) is 40.1 Å². The van der Waals surface area contributed by atoms with Crippen molar-refractivity contribution in [3.63, 3.8) is 0 Å². The number of aromatic hydroxyl groups is 1. The smallest absolute Gasteiger partial charge is 0.267 e. The summed E-state index contributed by atoms with van der Waals surface area (Å²) in [6.45, 7) is 7.70. The Morgan fingerprint density at radius 2 is 2.00 bits per heavy atom. The Morgan fingerprint density at radius 3 is 2.67 bits per heavy atom. The molecule has 128 valence electrons. The Kier molecular flexibility index (Phi) is 4.94. The molecule has 1 aliphatic rings. The van der Waals surface area contributed by atoms with Crippen LogP contribution in [0, 0.1) is 5.92 Å². The van der Waals surface area contributed by atoms with Crippen LogP contribution in [-0.2, 0) is 11.3 Å². The number of nitrogens with zero attached hydrogens (tertiary/aromatic N) is 4. The van der Waals surface area contributed by atoms with E-state index in [1.165, 1.54) is 0 Å². The molecule has 3 rings (SSSR count). The van der Waals surface area contributed by atoms with Gasteiger partial charge in [-0.1, -0.05) is 32.0 Å². The number of rotatable bonds is 7. The fourth-order valence-corrected chi connectivity index (χ4v) is 2.89. The first-order valence-electron chi connectivity index (χ1n) is 8.63. The number of azo groups is 1.